The Hall–Kier alpha value is -0.770. The standard InChI is InChI=1S/C4H8.CN/c1-3-4-2;1-2/h3-4H,1-2H3;/q;-1. The second kappa shape index (κ2) is 29.2. The van der Waals surface area contributed by atoms with E-state index in [1.165, 1.54) is 0 Å². The van der Waals surface area contributed by atoms with Gasteiger partial charge in [-0.05, 0) is 13.8 Å². The number of allylic oxidation sites excluding steroid dienone is 2. The highest BCUT2D eigenvalue weighted by Crippen LogP contribution is 1.57. The summed E-state index contributed by atoms with van der Waals surface area (Å²) in [5, 5.41) is 6.25. The Morgan fingerprint density at radius 1 is 1.17 bits per heavy atom. The lowest BCUT2D eigenvalue weighted by molar-refractivity contribution is 1.53. The Labute approximate surface area is 38.9 Å². The van der Waals surface area contributed by atoms with Gasteiger partial charge in [-0.3, -0.25) is 0 Å². The maximum atomic E-state index is 6.25. The molecule has 0 radical (unpaired) electrons. The van der Waals surface area contributed by atoms with Crippen molar-refractivity contribution in [1.82, 2.24) is 0 Å². The summed E-state index contributed by atoms with van der Waals surface area (Å²) in [4.78, 5) is 0. The van der Waals surface area contributed by atoms with Crippen LogP contribution < -0.4 is 0 Å². The van der Waals surface area contributed by atoms with Crippen LogP contribution in [0.5, 0.6) is 0 Å². The molecule has 0 aliphatic carbocycles. The normalized spacial score (nSPS) is 6.67. The Morgan fingerprint density at radius 2 is 1.33 bits per heavy atom. The fourth-order valence-corrected chi connectivity index (χ4v) is 0. The van der Waals surface area contributed by atoms with Gasteiger partial charge in [-0.1, -0.05) is 12.2 Å². The van der Waals surface area contributed by atoms with Crippen LogP contribution in [0.15, 0.2) is 12.2 Å². The topological polar surface area (TPSA) is 23.8 Å². The van der Waals surface area contributed by atoms with E-state index >= 15 is 0 Å². The highest BCUT2D eigenvalue weighted by Gasteiger charge is 1.34. The van der Waals surface area contributed by atoms with Crippen LogP contribution in [0.3, 0.4) is 0 Å². The molecular weight excluding hydrogens is 74.1 g/mol. The molecule has 6 heavy (non-hydrogen) atoms. The molecule has 0 unspecified atom stereocenters. The predicted molar refractivity (Wildman–Crippen MR) is 25.5 cm³/mol. The predicted octanol–water partition coefficient (Wildman–Crippen LogP) is 1.68. The lowest BCUT2D eigenvalue weighted by atomic mass is 10.6. The SMILES string of the molecule is CC=CC.[C-]#N. The third-order valence-electron chi connectivity index (χ3n) is 0.333. The summed E-state index contributed by atoms with van der Waals surface area (Å²) in [7, 11) is 0. The molecule has 0 aromatic rings. The van der Waals surface area contributed by atoms with Gasteiger partial charge in [0.2, 0.25) is 0 Å². The number of rotatable bonds is 0. The highest BCUT2D eigenvalue weighted by molar-refractivity contribution is 4.68. The van der Waals surface area contributed by atoms with Gasteiger partial charge in [0.1, 0.15) is 0 Å². The van der Waals surface area contributed by atoms with E-state index in [-0.39, 0.29) is 0 Å². The van der Waals surface area contributed by atoms with Gasteiger partial charge in [0.25, 0.3) is 0 Å². The van der Waals surface area contributed by atoms with E-state index in [4.69, 9.17) is 11.8 Å². The maximum absolute atomic E-state index is 6.25. The van der Waals surface area contributed by atoms with Crippen LogP contribution >= 0.6 is 0 Å². The molecule has 1 nitrogen and oxygen atoms in total. The van der Waals surface area contributed by atoms with Crippen molar-refractivity contribution in [1.29, 1.82) is 5.26 Å². The fraction of sp³-hybridized carbons (Fsp3) is 0.400. The van der Waals surface area contributed by atoms with Gasteiger partial charge in [-0.15, -0.1) is 0 Å². The monoisotopic (exact) mass is 82.1 g/mol. The van der Waals surface area contributed by atoms with Crippen LogP contribution in [0.2, 0.25) is 0 Å². The molecule has 0 bridgehead atoms. The zero-order valence-electron chi connectivity index (χ0n) is 4.10. The third kappa shape index (κ3) is 304. The first-order valence-corrected chi connectivity index (χ1v) is 1.71. The van der Waals surface area contributed by atoms with Crippen LogP contribution in [0, 0.1) is 11.8 Å². The molecule has 0 aromatic carbocycles. The lowest BCUT2D eigenvalue weighted by Gasteiger charge is -1.49. The second-order valence-corrected chi connectivity index (χ2v) is 0.667. The number of nitrogens with zero attached hydrogens (tertiary/aromatic N) is 1. The Kier molecular flexibility index (Phi) is 43.6. The summed E-state index contributed by atoms with van der Waals surface area (Å²) in [6, 6.07) is 0. The summed E-state index contributed by atoms with van der Waals surface area (Å²) >= 11 is 0. The summed E-state index contributed by atoms with van der Waals surface area (Å²) in [5.74, 6) is 0. The van der Waals surface area contributed by atoms with Crippen LogP contribution in [-0.2, 0) is 0 Å². The average Bonchev–Trinajstić information content (AvgIpc) is 1.72. The van der Waals surface area contributed by atoms with E-state index in [1.54, 1.807) is 0 Å². The van der Waals surface area contributed by atoms with E-state index in [9.17, 15) is 0 Å². The zero-order chi connectivity index (χ0) is 5.41. The molecule has 0 rings (SSSR count). The molecule has 0 atom stereocenters. The van der Waals surface area contributed by atoms with Crippen LogP contribution in [0.25, 0.3) is 0 Å². The molecule has 0 N–H and O–H groups in total. The van der Waals surface area contributed by atoms with Crippen LogP contribution in [-0.4, -0.2) is 0 Å². The van der Waals surface area contributed by atoms with Crippen molar-refractivity contribution in [3.8, 4) is 0 Å². The van der Waals surface area contributed by atoms with E-state index in [2.05, 4.69) is 0 Å². The summed E-state index contributed by atoms with van der Waals surface area (Å²) in [6.07, 6.45) is 4.00. The first kappa shape index (κ1) is 8.97. The molecule has 0 aromatic heterocycles. The average molecular weight is 82.1 g/mol. The van der Waals surface area contributed by atoms with Crippen molar-refractivity contribution >= 4 is 0 Å². The van der Waals surface area contributed by atoms with Crippen molar-refractivity contribution in [3.05, 3.63) is 18.7 Å². The van der Waals surface area contributed by atoms with Crippen LogP contribution in [0.1, 0.15) is 13.8 Å². The van der Waals surface area contributed by atoms with Crippen molar-refractivity contribution in [2.24, 2.45) is 0 Å². The largest absolute Gasteiger partial charge is 0.512 e. The zero-order valence-corrected chi connectivity index (χ0v) is 4.10. The molecular formula is C5H8N-. The quantitative estimate of drug-likeness (QED) is 0.322. The van der Waals surface area contributed by atoms with E-state index in [0.29, 0.717) is 0 Å². The molecule has 0 aliphatic rings. The Bertz CT molecular complexity index is 39.1. The summed E-state index contributed by atoms with van der Waals surface area (Å²) < 4.78 is 0. The van der Waals surface area contributed by atoms with Gasteiger partial charge in [-0.25, -0.2) is 0 Å². The van der Waals surface area contributed by atoms with E-state index < -0.39 is 0 Å². The Morgan fingerprint density at radius 3 is 1.33 bits per heavy atom. The molecule has 0 fully saturated rings. The smallest absolute Gasteiger partial charge is 0.0470 e. The van der Waals surface area contributed by atoms with Gasteiger partial charge in [-0.2, -0.15) is 0 Å². The van der Waals surface area contributed by atoms with E-state index in [1.807, 2.05) is 26.0 Å². The van der Waals surface area contributed by atoms with Gasteiger partial charge in [0, 0.05) is 0 Å². The molecule has 0 saturated heterocycles. The van der Waals surface area contributed by atoms with Crippen molar-refractivity contribution in [2.45, 2.75) is 13.8 Å². The fourth-order valence-electron chi connectivity index (χ4n) is 0. The van der Waals surface area contributed by atoms with Crippen molar-refractivity contribution in [2.75, 3.05) is 0 Å². The minimum atomic E-state index is 2.00. The molecule has 1 heteroatoms. The molecule has 34 valence electrons. The van der Waals surface area contributed by atoms with E-state index in [0.717, 1.165) is 0 Å². The molecule has 0 heterocycles. The number of hydrogen-bond donors (Lipinski definition) is 0. The van der Waals surface area contributed by atoms with Gasteiger partial charge >= 0.3 is 0 Å². The first-order valence-electron chi connectivity index (χ1n) is 1.71. The van der Waals surface area contributed by atoms with Crippen LogP contribution in [0.4, 0.5) is 0 Å². The molecule has 0 aliphatic heterocycles. The Balaban J connectivity index is 0. The first-order chi connectivity index (χ1) is 2.91. The number of hydrogen-bond acceptors (Lipinski definition) is 1. The minimum Gasteiger partial charge on any atom is -0.512 e. The lowest BCUT2D eigenvalue weighted by Crippen LogP contribution is -1.26. The van der Waals surface area contributed by atoms with Crippen molar-refractivity contribution in [3.63, 3.8) is 0 Å². The molecule has 0 saturated carbocycles. The maximum Gasteiger partial charge on any atom is -0.0470 e. The molecule has 0 amide bonds. The molecule has 0 spiro atoms. The van der Waals surface area contributed by atoms with Crippen molar-refractivity contribution < 1.29 is 0 Å². The third-order valence-corrected chi connectivity index (χ3v) is 0.333. The summed E-state index contributed by atoms with van der Waals surface area (Å²) in [6.45, 7) is 8.75. The highest BCUT2D eigenvalue weighted by atomic mass is 14.2. The summed E-state index contributed by atoms with van der Waals surface area (Å²) in [5.41, 5.74) is 0. The minimum absolute atomic E-state index is 2.00. The second-order valence-electron chi connectivity index (χ2n) is 0.667. The van der Waals surface area contributed by atoms with Gasteiger partial charge in [0.15, 0.2) is 0 Å². The van der Waals surface area contributed by atoms with Gasteiger partial charge in [0.05, 0.1) is 0 Å². The van der Waals surface area contributed by atoms with Gasteiger partial charge < -0.3 is 11.8 Å².